The number of nitrogens with one attached hydrogen (secondary N) is 2. The van der Waals surface area contributed by atoms with Crippen LogP contribution in [-0.4, -0.2) is 35.1 Å². The van der Waals surface area contributed by atoms with Gasteiger partial charge in [-0.3, -0.25) is 10.6 Å². The maximum atomic E-state index is 12.0. The molecule has 6 aromatic carbocycles. The number of hydrogen-bond acceptors (Lipinski definition) is 4. The second kappa shape index (κ2) is 20.5. The standard InChI is InChI=1S/2C22H19Br2NO2/c2*1-2-20(17-8-7-15-5-3-4-6-16(15)13-17)21(24)14-27-22(26)25-19-11-9-18(23)10-12-19/h2*2-13,20-21H,1,14H2,(H,25,26)/t2*20-,21+/m00/s1. The molecular weight excluding hydrogens is 940 g/mol. The van der Waals surface area contributed by atoms with Crippen LogP contribution in [0.5, 0.6) is 0 Å². The Kier molecular flexibility index (Phi) is 15.5. The third kappa shape index (κ3) is 11.9. The van der Waals surface area contributed by atoms with E-state index >= 15 is 0 Å². The lowest BCUT2D eigenvalue weighted by Crippen LogP contribution is -2.22. The number of fused-ring (bicyclic) bond motifs is 2. The second-order valence-corrected chi connectivity index (χ2v) is 16.4. The van der Waals surface area contributed by atoms with Gasteiger partial charge in [0.2, 0.25) is 0 Å². The number of carbonyl (C=O) groups is 2. The quantitative estimate of drug-likeness (QED) is 0.0946. The van der Waals surface area contributed by atoms with Crippen LogP contribution in [0.15, 0.2) is 168 Å². The molecule has 0 unspecified atom stereocenters. The summed E-state index contributed by atoms with van der Waals surface area (Å²) in [6, 6.07) is 43.8. The van der Waals surface area contributed by atoms with E-state index < -0.39 is 12.2 Å². The molecule has 0 radical (unpaired) electrons. The Hall–Kier alpha value is -4.22. The van der Waals surface area contributed by atoms with Gasteiger partial charge in [-0.1, -0.05) is 161 Å². The molecule has 2 N–H and O–H groups in total. The molecule has 54 heavy (non-hydrogen) atoms. The van der Waals surface area contributed by atoms with Crippen LogP contribution in [0.3, 0.4) is 0 Å². The largest absolute Gasteiger partial charge is 0.448 e. The number of benzene rings is 6. The number of rotatable bonds is 12. The summed E-state index contributed by atoms with van der Waals surface area (Å²) in [5, 5.41) is 10.2. The van der Waals surface area contributed by atoms with E-state index in [0.29, 0.717) is 11.4 Å². The van der Waals surface area contributed by atoms with Crippen molar-refractivity contribution in [2.24, 2.45) is 0 Å². The maximum absolute atomic E-state index is 12.0. The highest BCUT2D eigenvalue weighted by molar-refractivity contribution is 9.11. The van der Waals surface area contributed by atoms with Crippen molar-refractivity contribution in [3.05, 3.63) is 179 Å². The highest BCUT2D eigenvalue weighted by atomic mass is 79.9. The molecule has 0 aromatic heterocycles. The maximum Gasteiger partial charge on any atom is 0.411 e. The van der Waals surface area contributed by atoms with Crippen LogP contribution in [0.2, 0.25) is 0 Å². The van der Waals surface area contributed by atoms with Gasteiger partial charge in [0.25, 0.3) is 0 Å². The van der Waals surface area contributed by atoms with Crippen LogP contribution in [-0.2, 0) is 9.47 Å². The molecule has 0 aliphatic heterocycles. The normalized spacial score (nSPS) is 13.0. The third-order valence-corrected chi connectivity index (χ3v) is 11.3. The zero-order valence-corrected chi connectivity index (χ0v) is 35.5. The van der Waals surface area contributed by atoms with Crippen molar-refractivity contribution in [2.45, 2.75) is 21.5 Å². The number of carbonyl (C=O) groups excluding carboxylic acids is 2. The minimum absolute atomic E-state index is 0.0232. The highest BCUT2D eigenvalue weighted by Gasteiger charge is 2.21. The Labute approximate surface area is 349 Å². The molecule has 0 heterocycles. The molecule has 6 aromatic rings. The van der Waals surface area contributed by atoms with Crippen LogP contribution in [0.25, 0.3) is 21.5 Å². The van der Waals surface area contributed by atoms with E-state index in [9.17, 15) is 9.59 Å². The summed E-state index contributed by atoms with van der Waals surface area (Å²) in [6.07, 6.45) is 2.78. The third-order valence-electron chi connectivity index (χ3n) is 8.53. The van der Waals surface area contributed by atoms with Crippen molar-refractivity contribution in [2.75, 3.05) is 23.8 Å². The first-order valence-corrected chi connectivity index (χ1v) is 20.4. The van der Waals surface area contributed by atoms with Gasteiger partial charge in [0.15, 0.2) is 0 Å². The van der Waals surface area contributed by atoms with Gasteiger partial charge >= 0.3 is 12.2 Å². The molecule has 6 nitrogen and oxygen atoms in total. The van der Waals surface area contributed by atoms with Gasteiger partial charge in [0.1, 0.15) is 13.2 Å². The predicted molar refractivity (Wildman–Crippen MR) is 237 cm³/mol. The van der Waals surface area contributed by atoms with Gasteiger partial charge in [-0.25, -0.2) is 9.59 Å². The van der Waals surface area contributed by atoms with Crippen molar-refractivity contribution in [1.82, 2.24) is 0 Å². The molecule has 0 saturated carbocycles. The number of alkyl halides is 2. The molecule has 2 amide bonds. The monoisotopic (exact) mass is 974 g/mol. The van der Waals surface area contributed by atoms with Crippen LogP contribution >= 0.6 is 63.7 Å². The summed E-state index contributed by atoms with van der Waals surface area (Å²) in [4.78, 5) is 23.9. The van der Waals surface area contributed by atoms with Gasteiger partial charge in [0.05, 0.1) is 9.65 Å². The van der Waals surface area contributed by atoms with Crippen molar-refractivity contribution in [3.8, 4) is 0 Å². The molecule has 0 bridgehead atoms. The molecule has 0 saturated heterocycles. The fourth-order valence-corrected chi connectivity index (χ4v) is 7.54. The van der Waals surface area contributed by atoms with E-state index in [2.05, 4.69) is 148 Å². The summed E-state index contributed by atoms with van der Waals surface area (Å²) >= 11 is 14.0. The molecule has 10 heteroatoms. The molecule has 0 aliphatic carbocycles. The minimum Gasteiger partial charge on any atom is -0.448 e. The summed E-state index contributed by atoms with van der Waals surface area (Å²) < 4.78 is 12.6. The average molecular weight is 978 g/mol. The second-order valence-electron chi connectivity index (χ2n) is 12.2. The Morgan fingerprint density at radius 2 is 0.889 bits per heavy atom. The Morgan fingerprint density at radius 1 is 0.537 bits per heavy atom. The zero-order valence-electron chi connectivity index (χ0n) is 29.1. The van der Waals surface area contributed by atoms with Gasteiger partial charge in [-0.05, 0) is 81.2 Å². The number of anilines is 2. The Morgan fingerprint density at radius 3 is 1.24 bits per heavy atom. The fourth-order valence-electron chi connectivity index (χ4n) is 5.71. The first-order valence-electron chi connectivity index (χ1n) is 17.0. The number of ether oxygens (including phenoxy) is 2. The zero-order chi connectivity index (χ0) is 38.5. The van der Waals surface area contributed by atoms with Crippen LogP contribution in [0.1, 0.15) is 23.0 Å². The minimum atomic E-state index is -0.483. The van der Waals surface area contributed by atoms with Gasteiger partial charge in [-0.15, -0.1) is 13.2 Å². The number of allylic oxidation sites excluding steroid dienone is 2. The summed E-state index contributed by atoms with van der Waals surface area (Å²) in [5.41, 5.74) is 3.62. The van der Waals surface area contributed by atoms with Crippen molar-refractivity contribution >= 4 is 109 Å². The van der Waals surface area contributed by atoms with Crippen molar-refractivity contribution < 1.29 is 19.1 Å². The molecule has 4 atom stereocenters. The lowest BCUT2D eigenvalue weighted by atomic mass is 9.94. The number of halogens is 4. The summed E-state index contributed by atoms with van der Waals surface area (Å²) in [5.74, 6) is 0.0465. The number of hydrogen-bond donors (Lipinski definition) is 2. The molecule has 0 spiro atoms. The summed E-state index contributed by atoms with van der Waals surface area (Å²) in [7, 11) is 0. The fraction of sp³-hybridized carbons (Fsp3) is 0.136. The molecule has 0 fully saturated rings. The van der Waals surface area contributed by atoms with E-state index in [1.165, 1.54) is 21.5 Å². The van der Waals surface area contributed by atoms with Gasteiger partial charge in [0, 0.05) is 32.2 Å². The van der Waals surface area contributed by atoms with E-state index in [1.54, 1.807) is 24.3 Å². The predicted octanol–water partition coefficient (Wildman–Crippen LogP) is 13.8. The van der Waals surface area contributed by atoms with E-state index in [1.807, 2.05) is 60.7 Å². The topological polar surface area (TPSA) is 76.7 Å². The Balaban J connectivity index is 0.000000208. The first kappa shape index (κ1) is 41.0. The van der Waals surface area contributed by atoms with Crippen molar-refractivity contribution in [1.29, 1.82) is 0 Å². The molecule has 0 aliphatic rings. The van der Waals surface area contributed by atoms with E-state index in [-0.39, 0.29) is 34.7 Å². The number of amides is 2. The van der Waals surface area contributed by atoms with Gasteiger partial charge < -0.3 is 9.47 Å². The first-order chi connectivity index (χ1) is 26.1. The van der Waals surface area contributed by atoms with Crippen LogP contribution < -0.4 is 10.6 Å². The summed E-state index contributed by atoms with van der Waals surface area (Å²) in [6.45, 7) is 8.36. The SMILES string of the molecule is C=C[C@@H](c1ccc2ccccc2c1)[C@H](Br)COC(=O)Nc1ccc(Br)cc1.C=C[C@@H](c1ccc2ccccc2c1)[C@H](Br)COC(=O)Nc1ccc(Br)cc1. The van der Waals surface area contributed by atoms with Gasteiger partial charge in [-0.2, -0.15) is 0 Å². The average Bonchev–Trinajstić information content (AvgIpc) is 3.19. The van der Waals surface area contributed by atoms with Crippen LogP contribution in [0.4, 0.5) is 21.0 Å². The molecule has 6 rings (SSSR count). The lowest BCUT2D eigenvalue weighted by molar-refractivity contribution is 0.160. The Bertz CT molecular complexity index is 2040. The molecular formula is C44H38Br4N2O4. The van der Waals surface area contributed by atoms with E-state index in [4.69, 9.17) is 9.47 Å². The van der Waals surface area contributed by atoms with E-state index in [0.717, 1.165) is 20.1 Å². The highest BCUT2D eigenvalue weighted by Crippen LogP contribution is 2.31. The molecule has 276 valence electrons. The van der Waals surface area contributed by atoms with Crippen molar-refractivity contribution in [3.63, 3.8) is 0 Å². The smallest absolute Gasteiger partial charge is 0.411 e. The lowest BCUT2D eigenvalue weighted by Gasteiger charge is -2.20. The van der Waals surface area contributed by atoms with Crippen LogP contribution in [0, 0.1) is 0 Å².